The van der Waals surface area contributed by atoms with Crippen molar-refractivity contribution in [3.63, 3.8) is 0 Å². The molecule has 1 N–H and O–H groups in total. The zero-order chi connectivity index (χ0) is 18.9. The molecule has 0 radical (unpaired) electrons. The second kappa shape index (κ2) is 9.53. The minimum Gasteiger partial charge on any atom is -0.481 e. The Labute approximate surface area is 152 Å². The third-order valence-corrected chi connectivity index (χ3v) is 3.82. The molecule has 7 heteroatoms. The molecule has 0 aliphatic carbocycles. The molecule has 0 saturated heterocycles. The summed E-state index contributed by atoms with van der Waals surface area (Å²) in [5.41, 5.74) is 1.46. The van der Waals surface area contributed by atoms with Gasteiger partial charge in [-0.3, -0.25) is 4.79 Å². The van der Waals surface area contributed by atoms with Crippen LogP contribution in [0.1, 0.15) is 17.2 Å². The lowest BCUT2D eigenvalue weighted by Gasteiger charge is -2.21. The molecule has 138 valence electrons. The molecule has 2 aromatic rings. The van der Waals surface area contributed by atoms with Gasteiger partial charge in [0, 0.05) is 25.8 Å². The van der Waals surface area contributed by atoms with Gasteiger partial charge >= 0.3 is 5.97 Å². The Morgan fingerprint density at radius 3 is 2.35 bits per heavy atom. The number of esters is 1. The van der Waals surface area contributed by atoms with Crippen molar-refractivity contribution in [1.82, 2.24) is 10.3 Å². The summed E-state index contributed by atoms with van der Waals surface area (Å²) in [6.45, 7) is 0. The Hall–Kier alpha value is -2.93. The van der Waals surface area contributed by atoms with Crippen molar-refractivity contribution < 1.29 is 23.8 Å². The summed E-state index contributed by atoms with van der Waals surface area (Å²) >= 11 is 0. The minimum absolute atomic E-state index is 0.237. The fraction of sp³-hybridized carbons (Fsp3) is 0.316. The van der Waals surface area contributed by atoms with Crippen LogP contribution < -0.4 is 10.1 Å². The van der Waals surface area contributed by atoms with E-state index in [9.17, 15) is 9.59 Å². The van der Waals surface area contributed by atoms with Crippen LogP contribution in [0.25, 0.3) is 0 Å². The molecule has 1 amide bonds. The molecular formula is C19H22N2O5. The molecule has 1 heterocycles. The normalized spacial score (nSPS) is 12.7. The summed E-state index contributed by atoms with van der Waals surface area (Å²) in [5, 5.41) is 2.70. The van der Waals surface area contributed by atoms with Gasteiger partial charge in [0.1, 0.15) is 6.04 Å². The molecule has 2 atom stereocenters. The van der Waals surface area contributed by atoms with E-state index in [0.717, 1.165) is 5.56 Å². The monoisotopic (exact) mass is 358 g/mol. The smallest absolute Gasteiger partial charge is 0.328 e. The molecule has 26 heavy (non-hydrogen) atoms. The first-order chi connectivity index (χ1) is 12.6. The molecule has 1 aromatic heterocycles. The van der Waals surface area contributed by atoms with Gasteiger partial charge in [0.25, 0.3) is 5.91 Å². The molecule has 0 unspecified atom stereocenters. The molecule has 0 fully saturated rings. The van der Waals surface area contributed by atoms with Crippen molar-refractivity contribution in [2.24, 2.45) is 0 Å². The van der Waals surface area contributed by atoms with Gasteiger partial charge in [0.2, 0.25) is 5.88 Å². The van der Waals surface area contributed by atoms with Crippen LogP contribution in [-0.4, -0.2) is 44.2 Å². The number of aromatic nitrogens is 1. The zero-order valence-corrected chi connectivity index (χ0v) is 15.0. The topological polar surface area (TPSA) is 86.8 Å². The van der Waals surface area contributed by atoms with E-state index >= 15 is 0 Å². The van der Waals surface area contributed by atoms with E-state index in [1.54, 1.807) is 30.5 Å². The number of hydrogen-bond acceptors (Lipinski definition) is 6. The molecule has 2 rings (SSSR count). The first-order valence-electron chi connectivity index (χ1n) is 8.04. The molecule has 0 aliphatic heterocycles. The maximum atomic E-state index is 12.6. The number of rotatable bonds is 8. The number of amides is 1. The molecule has 7 nitrogen and oxygen atoms in total. The number of benzene rings is 1. The third-order valence-electron chi connectivity index (χ3n) is 3.82. The van der Waals surface area contributed by atoms with Crippen molar-refractivity contribution in [3.8, 4) is 5.88 Å². The lowest BCUT2D eigenvalue weighted by Crippen LogP contribution is -2.45. The van der Waals surface area contributed by atoms with Gasteiger partial charge in [-0.05, 0) is 11.1 Å². The van der Waals surface area contributed by atoms with Crippen LogP contribution in [0.2, 0.25) is 0 Å². The average Bonchev–Trinajstić information content (AvgIpc) is 2.68. The van der Waals surface area contributed by atoms with Crippen LogP contribution in [0.3, 0.4) is 0 Å². The lowest BCUT2D eigenvalue weighted by atomic mass is 10.1. The van der Waals surface area contributed by atoms with Crippen molar-refractivity contribution in [2.45, 2.75) is 18.6 Å². The first kappa shape index (κ1) is 19.4. The Morgan fingerprint density at radius 2 is 1.81 bits per heavy atom. The summed E-state index contributed by atoms with van der Waals surface area (Å²) in [4.78, 5) is 28.8. The number of ether oxygens (including phenoxy) is 3. The fourth-order valence-electron chi connectivity index (χ4n) is 2.49. The Morgan fingerprint density at radius 1 is 1.08 bits per heavy atom. The third kappa shape index (κ3) is 5.03. The van der Waals surface area contributed by atoms with Crippen LogP contribution in [0.15, 0.2) is 48.7 Å². The highest BCUT2D eigenvalue weighted by Gasteiger charge is 2.27. The largest absolute Gasteiger partial charge is 0.481 e. The molecule has 0 bridgehead atoms. The summed E-state index contributed by atoms with van der Waals surface area (Å²) in [6, 6.07) is 11.7. The number of nitrogens with zero attached hydrogens (tertiary/aromatic N) is 1. The van der Waals surface area contributed by atoms with E-state index in [0.29, 0.717) is 11.4 Å². The molecular weight excluding hydrogens is 336 g/mol. The summed E-state index contributed by atoms with van der Waals surface area (Å²) in [5.74, 6) is -0.497. The van der Waals surface area contributed by atoms with Gasteiger partial charge in [-0.15, -0.1) is 0 Å². The van der Waals surface area contributed by atoms with Crippen LogP contribution in [0.5, 0.6) is 5.88 Å². The van der Waals surface area contributed by atoms with Gasteiger partial charge in [-0.2, -0.15) is 0 Å². The van der Waals surface area contributed by atoms with Crippen molar-refractivity contribution in [3.05, 3.63) is 59.8 Å². The van der Waals surface area contributed by atoms with E-state index in [2.05, 4.69) is 10.3 Å². The predicted octanol–water partition coefficient (Wildman–Crippen LogP) is 1.68. The van der Waals surface area contributed by atoms with Crippen molar-refractivity contribution in [1.29, 1.82) is 0 Å². The number of pyridine rings is 1. The van der Waals surface area contributed by atoms with Crippen molar-refractivity contribution >= 4 is 11.9 Å². The molecule has 0 saturated carbocycles. The fourth-order valence-corrected chi connectivity index (χ4v) is 2.49. The Kier molecular flexibility index (Phi) is 7.11. The average molecular weight is 358 g/mol. The van der Waals surface area contributed by atoms with E-state index in [-0.39, 0.29) is 6.42 Å². The Bertz CT molecular complexity index is 718. The first-order valence-corrected chi connectivity index (χ1v) is 8.04. The van der Waals surface area contributed by atoms with E-state index in [1.165, 1.54) is 21.3 Å². The number of nitrogens with one attached hydrogen (secondary N) is 1. The highest BCUT2D eigenvalue weighted by atomic mass is 16.5. The van der Waals surface area contributed by atoms with E-state index < -0.39 is 24.0 Å². The standard InChI is InChI=1S/C19H22N2O5/c1-24-16-10-9-13(12-20-16)11-15(19(23)26-3)21-18(22)17(25-2)14-7-5-4-6-8-14/h4-10,12,15,17H,11H2,1-3H3,(H,21,22)/t15-,17-/m1/s1. The van der Waals surface area contributed by atoms with E-state index in [4.69, 9.17) is 14.2 Å². The van der Waals surface area contributed by atoms with Crippen molar-refractivity contribution in [2.75, 3.05) is 21.3 Å². The number of carbonyl (C=O) groups excluding carboxylic acids is 2. The summed E-state index contributed by atoms with van der Waals surface area (Å²) < 4.78 is 15.1. The van der Waals surface area contributed by atoms with Gasteiger partial charge in [0.15, 0.2) is 6.10 Å². The minimum atomic E-state index is -0.857. The number of methoxy groups -OCH3 is 3. The molecule has 0 spiro atoms. The van der Waals surface area contributed by atoms with Gasteiger partial charge in [-0.25, -0.2) is 9.78 Å². The second-order valence-corrected chi connectivity index (χ2v) is 5.52. The van der Waals surface area contributed by atoms with Crippen LogP contribution in [-0.2, 0) is 25.5 Å². The highest BCUT2D eigenvalue weighted by molar-refractivity contribution is 5.87. The zero-order valence-electron chi connectivity index (χ0n) is 15.0. The predicted molar refractivity (Wildman–Crippen MR) is 94.6 cm³/mol. The van der Waals surface area contributed by atoms with Gasteiger partial charge in [0.05, 0.1) is 14.2 Å². The maximum Gasteiger partial charge on any atom is 0.328 e. The van der Waals surface area contributed by atoms with Crippen LogP contribution in [0.4, 0.5) is 0 Å². The highest BCUT2D eigenvalue weighted by Crippen LogP contribution is 2.17. The lowest BCUT2D eigenvalue weighted by molar-refractivity contribution is -0.146. The van der Waals surface area contributed by atoms with Gasteiger partial charge < -0.3 is 19.5 Å². The number of carbonyl (C=O) groups is 2. The second-order valence-electron chi connectivity index (χ2n) is 5.52. The molecule has 1 aromatic carbocycles. The van der Waals surface area contributed by atoms with E-state index in [1.807, 2.05) is 18.2 Å². The van der Waals surface area contributed by atoms with Crippen LogP contribution >= 0.6 is 0 Å². The van der Waals surface area contributed by atoms with Gasteiger partial charge in [-0.1, -0.05) is 36.4 Å². The number of hydrogen-bond donors (Lipinski definition) is 1. The SMILES string of the molecule is COC(=O)[C@@H](Cc1ccc(OC)nc1)NC(=O)[C@H](OC)c1ccccc1. The summed E-state index contributed by atoms with van der Waals surface area (Å²) in [6.07, 6.45) is 1.00. The Balaban J connectivity index is 2.13. The quantitative estimate of drug-likeness (QED) is 0.723. The summed E-state index contributed by atoms with van der Waals surface area (Å²) in [7, 11) is 4.24. The molecule has 0 aliphatic rings. The maximum absolute atomic E-state index is 12.6. The van der Waals surface area contributed by atoms with Crippen LogP contribution in [0, 0.1) is 0 Å².